The first kappa shape index (κ1) is 15.4. The van der Waals surface area contributed by atoms with Crippen LogP contribution < -0.4 is 10.1 Å². The molecule has 4 heteroatoms. The van der Waals surface area contributed by atoms with Crippen LogP contribution in [0.1, 0.15) is 44.4 Å². The summed E-state index contributed by atoms with van der Waals surface area (Å²) in [5.41, 5.74) is 2.19. The Labute approximate surface area is 126 Å². The van der Waals surface area contributed by atoms with Crippen molar-refractivity contribution in [3.63, 3.8) is 0 Å². The zero-order valence-electron chi connectivity index (χ0n) is 13.0. The SMILES string of the molecule is CCCNCc1cncc(Oc2ccc(C(C)C)cc2)n1. The van der Waals surface area contributed by atoms with E-state index in [0.29, 0.717) is 18.3 Å². The van der Waals surface area contributed by atoms with E-state index < -0.39 is 0 Å². The minimum Gasteiger partial charge on any atom is -0.437 e. The highest BCUT2D eigenvalue weighted by Crippen LogP contribution is 2.22. The van der Waals surface area contributed by atoms with Gasteiger partial charge in [-0.15, -0.1) is 0 Å². The van der Waals surface area contributed by atoms with Crippen LogP contribution >= 0.6 is 0 Å². The standard InChI is InChI=1S/C17H23N3O/c1-4-9-18-10-15-11-19-12-17(20-15)21-16-7-5-14(6-8-16)13(2)3/h5-8,11-13,18H,4,9-10H2,1-3H3. The van der Waals surface area contributed by atoms with Crippen molar-refractivity contribution in [2.24, 2.45) is 0 Å². The molecule has 0 fully saturated rings. The Morgan fingerprint density at radius 3 is 2.57 bits per heavy atom. The van der Waals surface area contributed by atoms with Crippen molar-refractivity contribution in [3.8, 4) is 11.6 Å². The molecular weight excluding hydrogens is 262 g/mol. The molecule has 21 heavy (non-hydrogen) atoms. The molecule has 1 aromatic heterocycles. The number of nitrogens with zero attached hydrogens (tertiary/aromatic N) is 2. The third-order valence-corrected chi connectivity index (χ3v) is 3.16. The minimum atomic E-state index is 0.520. The van der Waals surface area contributed by atoms with Gasteiger partial charge in [0.1, 0.15) is 5.75 Å². The summed E-state index contributed by atoms with van der Waals surface area (Å²) in [6, 6.07) is 8.11. The molecule has 4 nitrogen and oxygen atoms in total. The summed E-state index contributed by atoms with van der Waals surface area (Å²) in [7, 11) is 0. The predicted molar refractivity (Wildman–Crippen MR) is 84.6 cm³/mol. The van der Waals surface area contributed by atoms with Crippen molar-refractivity contribution in [1.82, 2.24) is 15.3 Å². The molecule has 0 radical (unpaired) electrons. The number of hydrogen-bond acceptors (Lipinski definition) is 4. The molecule has 0 atom stereocenters. The average Bonchev–Trinajstić information content (AvgIpc) is 2.48. The maximum Gasteiger partial charge on any atom is 0.238 e. The monoisotopic (exact) mass is 285 g/mol. The van der Waals surface area contributed by atoms with Gasteiger partial charge in [0.25, 0.3) is 0 Å². The van der Waals surface area contributed by atoms with Crippen LogP contribution in [0.2, 0.25) is 0 Å². The van der Waals surface area contributed by atoms with E-state index in [2.05, 4.69) is 48.2 Å². The highest BCUT2D eigenvalue weighted by Gasteiger charge is 2.03. The highest BCUT2D eigenvalue weighted by atomic mass is 16.5. The molecule has 1 aromatic carbocycles. The number of hydrogen-bond donors (Lipinski definition) is 1. The maximum atomic E-state index is 5.76. The molecule has 0 spiro atoms. The third-order valence-electron chi connectivity index (χ3n) is 3.16. The van der Waals surface area contributed by atoms with E-state index in [4.69, 9.17) is 4.74 Å². The zero-order valence-corrected chi connectivity index (χ0v) is 13.0. The first-order valence-corrected chi connectivity index (χ1v) is 7.48. The number of aromatic nitrogens is 2. The molecule has 0 aliphatic heterocycles. The van der Waals surface area contributed by atoms with Crippen LogP contribution in [0.3, 0.4) is 0 Å². The lowest BCUT2D eigenvalue weighted by atomic mass is 10.0. The first-order valence-electron chi connectivity index (χ1n) is 7.48. The summed E-state index contributed by atoms with van der Waals surface area (Å²) in [6.45, 7) is 8.18. The van der Waals surface area contributed by atoms with E-state index in [1.54, 1.807) is 12.4 Å². The van der Waals surface area contributed by atoms with Gasteiger partial charge in [-0.25, -0.2) is 4.98 Å². The van der Waals surface area contributed by atoms with Gasteiger partial charge in [0.05, 0.1) is 11.9 Å². The van der Waals surface area contributed by atoms with Gasteiger partial charge in [-0.05, 0) is 36.6 Å². The van der Waals surface area contributed by atoms with Crippen molar-refractivity contribution in [3.05, 3.63) is 47.9 Å². The van der Waals surface area contributed by atoms with Crippen LogP contribution in [-0.4, -0.2) is 16.5 Å². The Kier molecular flexibility index (Phi) is 5.69. The fourth-order valence-electron chi connectivity index (χ4n) is 1.96. The van der Waals surface area contributed by atoms with Gasteiger partial charge in [0.2, 0.25) is 5.88 Å². The molecule has 0 unspecified atom stereocenters. The molecule has 1 N–H and O–H groups in total. The van der Waals surface area contributed by atoms with Crippen molar-refractivity contribution in [1.29, 1.82) is 0 Å². The highest BCUT2D eigenvalue weighted by molar-refractivity contribution is 5.31. The van der Waals surface area contributed by atoms with Gasteiger partial charge < -0.3 is 10.1 Å². The van der Waals surface area contributed by atoms with E-state index in [-0.39, 0.29) is 0 Å². The van der Waals surface area contributed by atoms with Gasteiger partial charge in [0.15, 0.2) is 0 Å². The maximum absolute atomic E-state index is 5.76. The van der Waals surface area contributed by atoms with Crippen LogP contribution in [0.4, 0.5) is 0 Å². The number of benzene rings is 1. The van der Waals surface area contributed by atoms with Gasteiger partial charge in [0, 0.05) is 12.7 Å². The summed E-state index contributed by atoms with van der Waals surface area (Å²) in [5.74, 6) is 1.84. The van der Waals surface area contributed by atoms with E-state index in [0.717, 1.165) is 24.4 Å². The first-order chi connectivity index (χ1) is 10.2. The molecule has 0 amide bonds. The van der Waals surface area contributed by atoms with Crippen molar-refractivity contribution < 1.29 is 4.74 Å². The van der Waals surface area contributed by atoms with Crippen molar-refractivity contribution in [2.45, 2.75) is 39.7 Å². The lowest BCUT2D eigenvalue weighted by Gasteiger charge is -2.09. The van der Waals surface area contributed by atoms with Gasteiger partial charge >= 0.3 is 0 Å². The average molecular weight is 285 g/mol. The Bertz CT molecular complexity index is 552. The third kappa shape index (κ3) is 4.83. The summed E-state index contributed by atoms with van der Waals surface area (Å²) in [5, 5.41) is 3.30. The largest absolute Gasteiger partial charge is 0.437 e. The second kappa shape index (κ2) is 7.74. The second-order valence-electron chi connectivity index (χ2n) is 5.35. The summed E-state index contributed by atoms with van der Waals surface area (Å²) < 4.78 is 5.76. The zero-order chi connectivity index (χ0) is 15.1. The van der Waals surface area contributed by atoms with Gasteiger partial charge in [-0.2, -0.15) is 0 Å². The Morgan fingerprint density at radius 2 is 1.90 bits per heavy atom. The molecular formula is C17H23N3O. The van der Waals surface area contributed by atoms with E-state index in [1.807, 2.05) is 12.1 Å². The van der Waals surface area contributed by atoms with Crippen molar-refractivity contribution >= 4 is 0 Å². The fraction of sp³-hybridized carbons (Fsp3) is 0.412. The number of ether oxygens (including phenoxy) is 1. The Balaban J connectivity index is 2.00. The van der Waals surface area contributed by atoms with Gasteiger partial charge in [-0.3, -0.25) is 4.98 Å². The quantitative estimate of drug-likeness (QED) is 0.784. The van der Waals surface area contributed by atoms with Crippen LogP contribution in [-0.2, 0) is 6.54 Å². The summed E-state index contributed by atoms with van der Waals surface area (Å²) >= 11 is 0. The lowest BCUT2D eigenvalue weighted by molar-refractivity contribution is 0.456. The summed E-state index contributed by atoms with van der Waals surface area (Å²) in [4.78, 5) is 8.63. The molecule has 112 valence electrons. The second-order valence-corrected chi connectivity index (χ2v) is 5.35. The molecule has 2 rings (SSSR count). The topological polar surface area (TPSA) is 47.0 Å². The molecule has 0 bridgehead atoms. The van der Waals surface area contributed by atoms with Crippen LogP contribution in [0, 0.1) is 0 Å². The number of nitrogens with one attached hydrogen (secondary N) is 1. The fourth-order valence-corrected chi connectivity index (χ4v) is 1.96. The van der Waals surface area contributed by atoms with E-state index in [1.165, 1.54) is 5.56 Å². The summed E-state index contributed by atoms with van der Waals surface area (Å²) in [6.07, 6.45) is 4.50. The smallest absolute Gasteiger partial charge is 0.238 e. The molecule has 1 heterocycles. The Morgan fingerprint density at radius 1 is 1.14 bits per heavy atom. The van der Waals surface area contributed by atoms with Crippen LogP contribution in [0.15, 0.2) is 36.7 Å². The molecule has 0 aliphatic carbocycles. The molecule has 0 saturated heterocycles. The predicted octanol–water partition coefficient (Wildman–Crippen LogP) is 3.89. The lowest BCUT2D eigenvalue weighted by Crippen LogP contribution is -2.15. The van der Waals surface area contributed by atoms with E-state index >= 15 is 0 Å². The van der Waals surface area contributed by atoms with Crippen LogP contribution in [0.5, 0.6) is 11.6 Å². The number of rotatable bonds is 7. The molecule has 2 aromatic rings. The van der Waals surface area contributed by atoms with Crippen LogP contribution in [0.25, 0.3) is 0 Å². The van der Waals surface area contributed by atoms with Gasteiger partial charge in [-0.1, -0.05) is 32.9 Å². The normalized spacial score (nSPS) is 10.9. The van der Waals surface area contributed by atoms with E-state index in [9.17, 15) is 0 Å². The molecule has 0 aliphatic rings. The molecule has 0 saturated carbocycles. The van der Waals surface area contributed by atoms with Crippen molar-refractivity contribution in [2.75, 3.05) is 6.54 Å². The minimum absolute atomic E-state index is 0.520. The Hall–Kier alpha value is -1.94.